The van der Waals surface area contributed by atoms with Gasteiger partial charge >= 0.3 is 13.8 Å². The van der Waals surface area contributed by atoms with E-state index in [2.05, 4.69) is 0 Å². The zero-order valence-corrected chi connectivity index (χ0v) is 6.78. The molecule has 0 saturated heterocycles. The molecule has 0 unspecified atom stereocenters. The van der Waals surface area contributed by atoms with E-state index < -0.39 is 18.9 Å². The Balaban J connectivity index is 4.91. The smallest absolute Gasteiger partial charge is 0.324 e. The summed E-state index contributed by atoms with van der Waals surface area (Å²) in [4.78, 5) is 16.5. The zero-order valence-electron chi connectivity index (χ0n) is 5.88. The molecule has 68 valence electrons. The fourth-order valence-corrected chi connectivity index (χ4v) is 0.495. The van der Waals surface area contributed by atoms with Gasteiger partial charge in [-0.2, -0.15) is 13.2 Å². The van der Waals surface area contributed by atoms with Crippen molar-refractivity contribution in [1.82, 2.24) is 0 Å². The Morgan fingerprint density at radius 2 is 1.45 bits per heavy atom. The summed E-state index contributed by atoms with van der Waals surface area (Å²) in [5.74, 6) is 0. The standard InChI is InChI=1S/C4H8F3O3P/c1-3(2,4(5,6)7)11(8,9)10/h1-2H3,(H2,8,9,10). The zero-order chi connectivity index (χ0) is 9.50. The van der Waals surface area contributed by atoms with Crippen LogP contribution in [0.5, 0.6) is 0 Å². The highest BCUT2D eigenvalue weighted by atomic mass is 31.2. The van der Waals surface area contributed by atoms with E-state index in [9.17, 15) is 17.7 Å². The third-order valence-corrected chi connectivity index (χ3v) is 3.13. The van der Waals surface area contributed by atoms with Gasteiger partial charge in [0, 0.05) is 0 Å². The second-order valence-electron chi connectivity index (χ2n) is 2.60. The summed E-state index contributed by atoms with van der Waals surface area (Å²) in [6.07, 6.45) is -4.88. The van der Waals surface area contributed by atoms with E-state index in [-0.39, 0.29) is 0 Å². The van der Waals surface area contributed by atoms with Gasteiger partial charge in [0.05, 0.1) is 0 Å². The summed E-state index contributed by atoms with van der Waals surface area (Å²) in [6.45, 7) is 0.932. The Hall–Kier alpha value is -0.0600. The van der Waals surface area contributed by atoms with Gasteiger partial charge in [-0.25, -0.2) is 0 Å². The summed E-state index contributed by atoms with van der Waals surface area (Å²) in [5.41, 5.74) is 0. The molecular weight excluding hydrogens is 184 g/mol. The lowest BCUT2D eigenvalue weighted by molar-refractivity contribution is -0.157. The summed E-state index contributed by atoms with van der Waals surface area (Å²) in [6, 6.07) is 0. The van der Waals surface area contributed by atoms with E-state index in [1.54, 1.807) is 0 Å². The third kappa shape index (κ3) is 1.95. The minimum absolute atomic E-state index is 0.466. The van der Waals surface area contributed by atoms with Crippen LogP contribution >= 0.6 is 7.60 Å². The average Bonchev–Trinajstić information content (AvgIpc) is 1.58. The molecule has 0 heterocycles. The van der Waals surface area contributed by atoms with Crippen LogP contribution in [0.25, 0.3) is 0 Å². The van der Waals surface area contributed by atoms with Crippen molar-refractivity contribution in [3.8, 4) is 0 Å². The van der Waals surface area contributed by atoms with Crippen molar-refractivity contribution in [3.05, 3.63) is 0 Å². The van der Waals surface area contributed by atoms with E-state index in [0.717, 1.165) is 0 Å². The Labute approximate surface area is 61.4 Å². The number of alkyl halides is 3. The first kappa shape index (κ1) is 10.9. The lowest BCUT2D eigenvalue weighted by Gasteiger charge is -2.27. The highest BCUT2D eigenvalue weighted by Gasteiger charge is 2.58. The minimum Gasteiger partial charge on any atom is -0.324 e. The number of hydrogen-bond acceptors (Lipinski definition) is 1. The predicted molar refractivity (Wildman–Crippen MR) is 32.2 cm³/mol. The molecule has 0 bridgehead atoms. The molecule has 2 N–H and O–H groups in total. The van der Waals surface area contributed by atoms with Gasteiger partial charge in [0.25, 0.3) is 0 Å². The molecule has 0 rings (SSSR count). The van der Waals surface area contributed by atoms with E-state index in [4.69, 9.17) is 9.79 Å². The van der Waals surface area contributed by atoms with Crippen molar-refractivity contribution >= 4 is 7.60 Å². The highest BCUT2D eigenvalue weighted by molar-refractivity contribution is 7.53. The lowest BCUT2D eigenvalue weighted by atomic mass is 10.2. The number of halogens is 3. The molecule has 0 aromatic carbocycles. The monoisotopic (exact) mass is 192 g/mol. The SMILES string of the molecule is CC(C)(C(F)(F)F)P(=O)(O)O. The van der Waals surface area contributed by atoms with Crippen molar-refractivity contribution < 1.29 is 27.5 Å². The molecular formula is C4H8F3O3P. The normalized spacial score (nSPS) is 15.2. The van der Waals surface area contributed by atoms with Crippen LogP contribution in [0.1, 0.15) is 13.8 Å². The van der Waals surface area contributed by atoms with Crippen LogP contribution in [0.3, 0.4) is 0 Å². The van der Waals surface area contributed by atoms with Gasteiger partial charge in [0.2, 0.25) is 0 Å². The second kappa shape index (κ2) is 2.47. The van der Waals surface area contributed by atoms with Crippen molar-refractivity contribution in [2.75, 3.05) is 0 Å². The third-order valence-electron chi connectivity index (χ3n) is 1.42. The van der Waals surface area contributed by atoms with Crippen LogP contribution in [-0.2, 0) is 4.57 Å². The van der Waals surface area contributed by atoms with Gasteiger partial charge in [0.1, 0.15) is 0 Å². The molecule has 0 radical (unpaired) electrons. The van der Waals surface area contributed by atoms with Gasteiger partial charge in [-0.15, -0.1) is 0 Å². The van der Waals surface area contributed by atoms with E-state index in [1.807, 2.05) is 0 Å². The maximum Gasteiger partial charge on any atom is 0.405 e. The minimum atomic E-state index is -5.12. The first-order valence-electron chi connectivity index (χ1n) is 2.62. The summed E-state index contributed by atoms with van der Waals surface area (Å²) >= 11 is 0. The molecule has 0 spiro atoms. The largest absolute Gasteiger partial charge is 0.405 e. The Kier molecular flexibility index (Phi) is 2.45. The van der Waals surface area contributed by atoms with Gasteiger partial charge in [-0.05, 0) is 13.8 Å². The quantitative estimate of drug-likeness (QED) is 0.619. The van der Waals surface area contributed by atoms with Gasteiger partial charge in [-0.1, -0.05) is 0 Å². The van der Waals surface area contributed by atoms with E-state index in [1.165, 1.54) is 0 Å². The number of hydrogen-bond donors (Lipinski definition) is 2. The van der Waals surface area contributed by atoms with Crippen LogP contribution in [0, 0.1) is 0 Å². The van der Waals surface area contributed by atoms with Crippen LogP contribution in [-0.4, -0.2) is 21.1 Å². The van der Waals surface area contributed by atoms with Crippen LogP contribution in [0.4, 0.5) is 13.2 Å². The summed E-state index contributed by atoms with van der Waals surface area (Å²) < 4.78 is 45.8. The lowest BCUT2D eigenvalue weighted by Crippen LogP contribution is -2.38. The van der Waals surface area contributed by atoms with Crippen molar-refractivity contribution in [3.63, 3.8) is 0 Å². The van der Waals surface area contributed by atoms with Gasteiger partial charge in [0.15, 0.2) is 5.16 Å². The molecule has 0 aromatic rings. The molecule has 0 amide bonds. The summed E-state index contributed by atoms with van der Waals surface area (Å²) in [7, 11) is -5.12. The van der Waals surface area contributed by atoms with Crippen LogP contribution < -0.4 is 0 Å². The molecule has 0 atom stereocenters. The molecule has 0 aliphatic carbocycles. The molecule has 0 saturated carbocycles. The van der Waals surface area contributed by atoms with Crippen molar-refractivity contribution in [2.24, 2.45) is 0 Å². The molecule has 7 heteroatoms. The average molecular weight is 192 g/mol. The van der Waals surface area contributed by atoms with E-state index >= 15 is 0 Å². The fraction of sp³-hybridized carbons (Fsp3) is 1.00. The first-order chi connectivity index (χ1) is 4.50. The van der Waals surface area contributed by atoms with Crippen molar-refractivity contribution in [2.45, 2.75) is 25.2 Å². The first-order valence-corrected chi connectivity index (χ1v) is 4.24. The Morgan fingerprint density at radius 1 is 1.18 bits per heavy atom. The van der Waals surface area contributed by atoms with Crippen molar-refractivity contribution in [1.29, 1.82) is 0 Å². The second-order valence-corrected chi connectivity index (χ2v) is 4.81. The summed E-state index contributed by atoms with van der Waals surface area (Å²) in [5, 5.41) is -2.96. The van der Waals surface area contributed by atoms with Gasteiger partial charge in [-0.3, -0.25) is 4.57 Å². The van der Waals surface area contributed by atoms with Crippen LogP contribution in [0.2, 0.25) is 0 Å². The highest BCUT2D eigenvalue weighted by Crippen LogP contribution is 2.57. The van der Waals surface area contributed by atoms with Crippen LogP contribution in [0.15, 0.2) is 0 Å². The molecule has 0 aliphatic heterocycles. The van der Waals surface area contributed by atoms with Gasteiger partial charge < -0.3 is 9.79 Å². The van der Waals surface area contributed by atoms with E-state index in [0.29, 0.717) is 13.8 Å². The number of rotatable bonds is 1. The maximum absolute atomic E-state index is 11.8. The molecule has 0 aromatic heterocycles. The molecule has 0 aliphatic rings. The maximum atomic E-state index is 11.8. The molecule has 0 fully saturated rings. The predicted octanol–water partition coefficient (Wildman–Crippen LogP) is 1.50. The molecule has 11 heavy (non-hydrogen) atoms. The molecule has 3 nitrogen and oxygen atoms in total. The Morgan fingerprint density at radius 3 is 1.45 bits per heavy atom. The Bertz CT molecular complexity index is 191. The topological polar surface area (TPSA) is 57.5 Å². The fourth-order valence-electron chi connectivity index (χ4n) is 0.165.